The fourth-order valence-corrected chi connectivity index (χ4v) is 3.12. The van der Waals surface area contributed by atoms with Crippen LogP contribution < -0.4 is 10.2 Å². The molecule has 0 bridgehead atoms. The predicted molar refractivity (Wildman–Crippen MR) is 94.6 cm³/mol. The fraction of sp³-hybridized carbons (Fsp3) is 0.500. The minimum Gasteiger partial charge on any atom is -0.367 e. The van der Waals surface area contributed by atoms with Gasteiger partial charge in [0.2, 0.25) is 0 Å². The van der Waals surface area contributed by atoms with Crippen LogP contribution >= 0.6 is 0 Å². The first-order valence-electron chi connectivity index (χ1n) is 8.62. The fourth-order valence-electron chi connectivity index (χ4n) is 3.12. The first-order chi connectivity index (χ1) is 11.7. The molecule has 24 heavy (non-hydrogen) atoms. The minimum atomic E-state index is -0.126. The summed E-state index contributed by atoms with van der Waals surface area (Å²) in [6.07, 6.45) is 1.82. The smallest absolute Gasteiger partial charge is 0.146 e. The van der Waals surface area contributed by atoms with E-state index in [0.29, 0.717) is 6.54 Å². The normalized spacial score (nSPS) is 15.9. The van der Waals surface area contributed by atoms with Gasteiger partial charge in [0.05, 0.1) is 11.9 Å². The van der Waals surface area contributed by atoms with Gasteiger partial charge in [-0.1, -0.05) is 13.0 Å². The third kappa shape index (κ3) is 3.94. The largest absolute Gasteiger partial charge is 0.367 e. The Kier molecular flexibility index (Phi) is 5.48. The Labute approximate surface area is 142 Å². The molecule has 1 aromatic carbocycles. The number of benzene rings is 1. The van der Waals surface area contributed by atoms with Crippen molar-refractivity contribution in [2.24, 2.45) is 0 Å². The second-order valence-electron chi connectivity index (χ2n) is 6.33. The lowest BCUT2D eigenvalue weighted by molar-refractivity contribution is 0.270. The van der Waals surface area contributed by atoms with Crippen LogP contribution in [0, 0.1) is 12.7 Å². The van der Waals surface area contributed by atoms with E-state index in [2.05, 4.69) is 32.2 Å². The van der Waals surface area contributed by atoms with Crippen LogP contribution in [-0.4, -0.2) is 47.8 Å². The van der Waals surface area contributed by atoms with Gasteiger partial charge in [-0.2, -0.15) is 5.10 Å². The summed E-state index contributed by atoms with van der Waals surface area (Å²) >= 11 is 0. The highest BCUT2D eigenvalue weighted by atomic mass is 19.1. The summed E-state index contributed by atoms with van der Waals surface area (Å²) in [7, 11) is 0. The Bertz CT molecular complexity index is 661. The van der Waals surface area contributed by atoms with Crippen molar-refractivity contribution < 1.29 is 4.39 Å². The number of nitrogens with one attached hydrogen (secondary N) is 2. The number of nitrogens with zero attached hydrogens (tertiary/aromatic N) is 3. The number of halogens is 1. The molecule has 3 rings (SSSR count). The van der Waals surface area contributed by atoms with Gasteiger partial charge < -0.3 is 15.1 Å². The molecule has 0 radical (unpaired) electrons. The summed E-state index contributed by atoms with van der Waals surface area (Å²) in [5, 5.41) is 10.3. The molecular formula is C18H26FN5. The minimum absolute atomic E-state index is 0.126. The molecule has 0 spiro atoms. The number of anilines is 1. The second kappa shape index (κ2) is 7.77. The molecule has 2 N–H and O–H groups in total. The molecule has 1 fully saturated rings. The van der Waals surface area contributed by atoms with Crippen molar-refractivity contribution in [3.63, 3.8) is 0 Å². The van der Waals surface area contributed by atoms with Crippen LogP contribution in [0.3, 0.4) is 0 Å². The number of piperazine rings is 1. The number of hydrogen-bond acceptors (Lipinski definition) is 4. The lowest BCUT2D eigenvalue weighted by Crippen LogP contribution is -2.46. The van der Waals surface area contributed by atoms with E-state index in [0.717, 1.165) is 61.8 Å². The average Bonchev–Trinajstić information content (AvgIpc) is 3.00. The van der Waals surface area contributed by atoms with Crippen LogP contribution in [0.5, 0.6) is 0 Å². The molecule has 1 aromatic heterocycles. The number of aryl methyl sites for hydroxylation is 1. The molecule has 0 saturated carbocycles. The molecule has 0 aliphatic carbocycles. The Morgan fingerprint density at radius 3 is 2.62 bits per heavy atom. The van der Waals surface area contributed by atoms with E-state index in [1.807, 2.05) is 25.3 Å². The highest BCUT2D eigenvalue weighted by Gasteiger charge is 2.18. The van der Waals surface area contributed by atoms with E-state index in [1.54, 1.807) is 6.07 Å². The van der Waals surface area contributed by atoms with Crippen molar-refractivity contribution >= 4 is 5.69 Å². The zero-order valence-electron chi connectivity index (χ0n) is 14.5. The Morgan fingerprint density at radius 1 is 1.21 bits per heavy atom. The van der Waals surface area contributed by atoms with Gasteiger partial charge in [-0.25, -0.2) is 4.39 Å². The van der Waals surface area contributed by atoms with Crippen molar-refractivity contribution in [3.05, 3.63) is 47.0 Å². The first kappa shape index (κ1) is 16.9. The summed E-state index contributed by atoms with van der Waals surface area (Å²) in [4.78, 5) is 4.54. The maximum absolute atomic E-state index is 14.5. The molecule has 1 aliphatic rings. The Hall–Kier alpha value is -1.92. The maximum atomic E-state index is 14.5. The van der Waals surface area contributed by atoms with Crippen LogP contribution in [0.15, 0.2) is 24.4 Å². The number of likely N-dealkylation sites (N-methyl/N-ethyl adjacent to an activating group) is 1. The second-order valence-corrected chi connectivity index (χ2v) is 6.33. The number of hydrogen-bond donors (Lipinski definition) is 2. The number of aromatic amines is 1. The summed E-state index contributed by atoms with van der Waals surface area (Å²) in [5.74, 6) is -0.126. The topological polar surface area (TPSA) is 47.2 Å². The molecule has 0 atom stereocenters. The summed E-state index contributed by atoms with van der Waals surface area (Å²) in [6.45, 7) is 10.4. The van der Waals surface area contributed by atoms with Crippen molar-refractivity contribution in [2.75, 3.05) is 37.6 Å². The molecule has 5 nitrogen and oxygen atoms in total. The van der Waals surface area contributed by atoms with Gasteiger partial charge >= 0.3 is 0 Å². The van der Waals surface area contributed by atoms with Crippen LogP contribution in [0.1, 0.15) is 23.7 Å². The molecular weight excluding hydrogens is 305 g/mol. The molecule has 0 amide bonds. The Balaban J connectivity index is 1.55. The third-order valence-corrected chi connectivity index (χ3v) is 4.75. The predicted octanol–water partition coefficient (Wildman–Crippen LogP) is 2.29. The number of aromatic nitrogens is 2. The van der Waals surface area contributed by atoms with Gasteiger partial charge in [0.25, 0.3) is 0 Å². The zero-order valence-corrected chi connectivity index (χ0v) is 14.5. The van der Waals surface area contributed by atoms with Gasteiger partial charge in [0.15, 0.2) is 0 Å². The van der Waals surface area contributed by atoms with Gasteiger partial charge in [0, 0.05) is 50.5 Å². The van der Waals surface area contributed by atoms with Crippen molar-refractivity contribution in [2.45, 2.75) is 26.9 Å². The van der Waals surface area contributed by atoms with E-state index in [9.17, 15) is 4.39 Å². The van der Waals surface area contributed by atoms with Crippen LogP contribution in [0.4, 0.5) is 10.1 Å². The molecule has 0 unspecified atom stereocenters. The molecule has 6 heteroatoms. The van der Waals surface area contributed by atoms with Gasteiger partial charge in [-0.05, 0) is 31.2 Å². The van der Waals surface area contributed by atoms with E-state index in [4.69, 9.17) is 0 Å². The van der Waals surface area contributed by atoms with E-state index < -0.39 is 0 Å². The summed E-state index contributed by atoms with van der Waals surface area (Å²) in [6, 6.07) is 5.58. The molecule has 130 valence electrons. The highest BCUT2D eigenvalue weighted by molar-refractivity contribution is 5.49. The van der Waals surface area contributed by atoms with Gasteiger partial charge in [0.1, 0.15) is 5.82 Å². The molecule has 2 heterocycles. The highest BCUT2D eigenvalue weighted by Crippen LogP contribution is 2.22. The van der Waals surface area contributed by atoms with Crippen LogP contribution in [-0.2, 0) is 13.1 Å². The lowest BCUT2D eigenvalue weighted by Gasteiger charge is -2.35. The number of H-pyrrole nitrogens is 1. The van der Waals surface area contributed by atoms with E-state index >= 15 is 0 Å². The summed E-state index contributed by atoms with van der Waals surface area (Å²) in [5.41, 5.74) is 3.89. The third-order valence-electron chi connectivity index (χ3n) is 4.75. The van der Waals surface area contributed by atoms with Crippen LogP contribution in [0.2, 0.25) is 0 Å². The standard InChI is InChI=1S/C18H26FN5/c1-3-23-6-8-24(9-7-23)18-5-4-15(10-17(18)19)11-20-12-16-13-21-22-14(16)2/h4-5,10,13,20H,3,6-9,11-12H2,1-2H3,(H,21,22). The molecule has 1 saturated heterocycles. The monoisotopic (exact) mass is 331 g/mol. The SMILES string of the molecule is CCN1CCN(c2ccc(CNCc3cn[nH]c3C)cc2F)CC1. The molecule has 2 aromatic rings. The summed E-state index contributed by atoms with van der Waals surface area (Å²) < 4.78 is 14.5. The van der Waals surface area contributed by atoms with Crippen LogP contribution in [0.25, 0.3) is 0 Å². The van der Waals surface area contributed by atoms with E-state index in [1.165, 1.54) is 0 Å². The Morgan fingerprint density at radius 2 is 2.00 bits per heavy atom. The van der Waals surface area contributed by atoms with Gasteiger partial charge in [-0.15, -0.1) is 0 Å². The molecule has 1 aliphatic heterocycles. The first-order valence-corrected chi connectivity index (χ1v) is 8.62. The van der Waals surface area contributed by atoms with Crippen molar-refractivity contribution in [1.82, 2.24) is 20.4 Å². The average molecular weight is 331 g/mol. The maximum Gasteiger partial charge on any atom is 0.146 e. The van der Waals surface area contributed by atoms with Crippen molar-refractivity contribution in [3.8, 4) is 0 Å². The zero-order chi connectivity index (χ0) is 16.9. The van der Waals surface area contributed by atoms with Gasteiger partial charge in [-0.3, -0.25) is 5.10 Å². The number of rotatable bonds is 6. The van der Waals surface area contributed by atoms with Crippen molar-refractivity contribution in [1.29, 1.82) is 0 Å². The quantitative estimate of drug-likeness (QED) is 0.853. The lowest BCUT2D eigenvalue weighted by atomic mass is 10.1. The van der Waals surface area contributed by atoms with E-state index in [-0.39, 0.29) is 5.82 Å².